The number of hydrogen-bond donors (Lipinski definition) is 1. The van der Waals surface area contributed by atoms with E-state index < -0.39 is 20.1 Å². The van der Waals surface area contributed by atoms with E-state index in [1.54, 1.807) is 6.07 Å². The first-order valence-electron chi connectivity index (χ1n) is 10.9. The van der Waals surface area contributed by atoms with Gasteiger partial charge in [-0.1, -0.05) is 64.7 Å². The summed E-state index contributed by atoms with van der Waals surface area (Å²) in [6, 6.07) is 4.45. The van der Waals surface area contributed by atoms with E-state index in [1.165, 1.54) is 12.1 Å². The van der Waals surface area contributed by atoms with Crippen molar-refractivity contribution in [2.24, 2.45) is 0 Å². The number of benzene rings is 1. The first kappa shape index (κ1) is 25.5. The smallest absolute Gasteiger partial charge is 0.413 e. The quantitative estimate of drug-likeness (QED) is 0.262. The number of halogens is 3. The lowest BCUT2D eigenvalue weighted by Crippen LogP contribution is -2.51. The molecule has 0 aliphatic carbocycles. The van der Waals surface area contributed by atoms with Crippen LogP contribution in [0.5, 0.6) is 0 Å². The zero-order chi connectivity index (χ0) is 24.7. The lowest BCUT2D eigenvalue weighted by Gasteiger charge is -2.44. The molecule has 1 amide bonds. The number of nitrogens with zero attached hydrogens (tertiary/aromatic N) is 4. The summed E-state index contributed by atoms with van der Waals surface area (Å²) in [6.07, 6.45) is 1.82. The highest BCUT2D eigenvalue weighted by Crippen LogP contribution is 2.45. The van der Waals surface area contributed by atoms with Crippen LogP contribution in [0.4, 0.5) is 15.0 Å². The zero-order valence-corrected chi connectivity index (χ0v) is 22.1. The normalized spacial score (nSPS) is 12.4. The number of anilines is 1. The highest BCUT2D eigenvalue weighted by atomic mass is 35.5. The Hall–Kier alpha value is -2.16. The van der Waals surface area contributed by atoms with E-state index in [0.717, 1.165) is 16.7 Å². The molecule has 33 heavy (non-hydrogen) atoms. The van der Waals surface area contributed by atoms with Gasteiger partial charge in [-0.3, -0.25) is 4.90 Å². The second-order valence-corrected chi connectivity index (χ2v) is 15.7. The van der Waals surface area contributed by atoms with Crippen LogP contribution in [-0.2, 0) is 6.54 Å². The highest BCUT2D eigenvalue weighted by Gasteiger charge is 2.46. The van der Waals surface area contributed by atoms with Crippen LogP contribution in [0.3, 0.4) is 0 Å². The molecule has 6 nitrogen and oxygen atoms in total. The Labute approximate surface area is 204 Å². The largest absolute Gasteiger partial charge is 0.465 e. The molecule has 0 atom stereocenters. The molecule has 3 aromatic rings. The Morgan fingerprint density at radius 2 is 1.70 bits per heavy atom. The lowest BCUT2D eigenvalue weighted by atomic mass is 10.1. The summed E-state index contributed by atoms with van der Waals surface area (Å²) in [7, 11) is -2.17. The molecule has 0 aliphatic rings. The molecule has 0 spiro atoms. The third kappa shape index (κ3) is 4.48. The number of hydrogen-bond acceptors (Lipinski definition) is 3. The van der Waals surface area contributed by atoms with Crippen molar-refractivity contribution in [3.63, 3.8) is 0 Å². The molecular weight excluding hydrogens is 482 g/mol. The first-order valence-corrected chi connectivity index (χ1v) is 13.8. The van der Waals surface area contributed by atoms with Gasteiger partial charge in [-0.15, -0.1) is 0 Å². The van der Waals surface area contributed by atoms with Crippen LogP contribution < -0.4 is 4.90 Å². The molecule has 0 fully saturated rings. The summed E-state index contributed by atoms with van der Waals surface area (Å²) in [4.78, 5) is 20.6. The van der Waals surface area contributed by atoms with Crippen LogP contribution in [0.15, 0.2) is 30.7 Å². The number of carboxylic acid groups (broad SMARTS) is 1. The van der Waals surface area contributed by atoms with Crippen molar-refractivity contribution in [1.82, 2.24) is 14.2 Å². The SMILES string of the molecule is CC(C)[Si](C(C)C)(C(C)C)n1cc(Cl)c2cc(CN(C(=O)O)c3cc(Cl)ncn3)c(F)cc21. The lowest BCUT2D eigenvalue weighted by molar-refractivity contribution is 0.201. The Bertz CT molecular complexity index is 1160. The van der Waals surface area contributed by atoms with Gasteiger partial charge in [0.15, 0.2) is 8.24 Å². The molecule has 10 heteroatoms. The fourth-order valence-corrected chi connectivity index (χ4v) is 12.5. The van der Waals surface area contributed by atoms with Crippen molar-refractivity contribution < 1.29 is 14.3 Å². The predicted octanol–water partition coefficient (Wildman–Crippen LogP) is 7.59. The summed E-state index contributed by atoms with van der Waals surface area (Å²) < 4.78 is 17.6. The van der Waals surface area contributed by atoms with E-state index in [9.17, 15) is 9.90 Å². The standard InChI is InChI=1S/C23H29Cl2FN4O2Si/c1-13(2)33(14(3)4,15(5)6)30-11-18(24)17-7-16(19(26)8-20(17)30)10-29(23(31)32)22-9-21(25)27-12-28-22/h7-9,11-15H,10H2,1-6H3,(H,31,32). The Morgan fingerprint density at radius 1 is 1.09 bits per heavy atom. The minimum Gasteiger partial charge on any atom is -0.465 e. The van der Waals surface area contributed by atoms with E-state index >= 15 is 4.39 Å². The second kappa shape index (κ2) is 9.60. The summed E-state index contributed by atoms with van der Waals surface area (Å²) in [5.41, 5.74) is 2.15. The third-order valence-corrected chi connectivity index (χ3v) is 13.8. The van der Waals surface area contributed by atoms with Gasteiger partial charge in [-0.2, -0.15) is 0 Å². The average Bonchev–Trinajstić information content (AvgIpc) is 3.01. The van der Waals surface area contributed by atoms with Crippen LogP contribution in [-0.4, -0.2) is 33.6 Å². The van der Waals surface area contributed by atoms with Crippen molar-refractivity contribution >= 4 is 54.3 Å². The predicted molar refractivity (Wildman–Crippen MR) is 135 cm³/mol. The minimum atomic E-state index is -2.17. The second-order valence-electron chi connectivity index (χ2n) is 9.23. The van der Waals surface area contributed by atoms with Gasteiger partial charge in [-0.05, 0) is 28.8 Å². The molecule has 0 unspecified atom stereocenters. The molecule has 0 aliphatic heterocycles. The molecule has 2 aromatic heterocycles. The number of aromatic nitrogens is 3. The van der Waals surface area contributed by atoms with Gasteiger partial charge in [-0.25, -0.2) is 19.2 Å². The number of fused-ring (bicyclic) bond motifs is 1. The fourth-order valence-electron chi connectivity index (χ4n) is 5.42. The van der Waals surface area contributed by atoms with Crippen molar-refractivity contribution in [3.05, 3.63) is 52.3 Å². The van der Waals surface area contributed by atoms with Crippen molar-refractivity contribution in [3.8, 4) is 0 Å². The molecule has 0 saturated heterocycles. The average molecular weight is 512 g/mol. The molecule has 2 heterocycles. The van der Waals surface area contributed by atoms with Crippen molar-refractivity contribution in [2.45, 2.75) is 64.7 Å². The summed E-state index contributed by atoms with van der Waals surface area (Å²) >= 11 is 12.6. The van der Waals surface area contributed by atoms with Crippen LogP contribution in [0.1, 0.15) is 47.1 Å². The third-order valence-electron chi connectivity index (χ3n) is 6.57. The van der Waals surface area contributed by atoms with Crippen LogP contribution in [0, 0.1) is 5.82 Å². The molecule has 1 N–H and O–H groups in total. The van der Waals surface area contributed by atoms with E-state index in [-0.39, 0.29) is 23.1 Å². The monoisotopic (exact) mass is 510 g/mol. The van der Waals surface area contributed by atoms with Gasteiger partial charge in [0.25, 0.3) is 0 Å². The Kier molecular flexibility index (Phi) is 7.41. The minimum absolute atomic E-state index is 0.0662. The molecule has 0 saturated carbocycles. The topological polar surface area (TPSA) is 71.2 Å². The van der Waals surface area contributed by atoms with Gasteiger partial charge in [0.1, 0.15) is 23.1 Å². The maximum atomic E-state index is 15.4. The fraction of sp³-hybridized carbons (Fsp3) is 0.435. The van der Waals surface area contributed by atoms with Crippen LogP contribution in [0.25, 0.3) is 10.9 Å². The Morgan fingerprint density at radius 3 is 2.21 bits per heavy atom. The number of rotatable bonds is 7. The van der Waals surface area contributed by atoms with Crippen LogP contribution in [0.2, 0.25) is 26.8 Å². The molecule has 3 rings (SSSR count). The van der Waals surface area contributed by atoms with Crippen LogP contribution >= 0.6 is 23.2 Å². The molecule has 0 bridgehead atoms. The molecule has 178 valence electrons. The summed E-state index contributed by atoms with van der Waals surface area (Å²) in [6.45, 7) is 13.1. The van der Waals surface area contributed by atoms with E-state index in [2.05, 4.69) is 55.7 Å². The Balaban J connectivity index is 2.16. The van der Waals surface area contributed by atoms with E-state index in [1.807, 2.05) is 6.20 Å². The summed E-state index contributed by atoms with van der Waals surface area (Å²) in [5.74, 6) is -0.430. The number of carbonyl (C=O) groups is 1. The highest BCUT2D eigenvalue weighted by molar-refractivity contribution is 6.82. The van der Waals surface area contributed by atoms with Gasteiger partial charge in [0, 0.05) is 28.7 Å². The van der Waals surface area contributed by atoms with Gasteiger partial charge < -0.3 is 9.34 Å². The molecule has 0 radical (unpaired) electrons. The maximum Gasteiger partial charge on any atom is 0.413 e. The summed E-state index contributed by atoms with van der Waals surface area (Å²) in [5, 5.41) is 11.0. The van der Waals surface area contributed by atoms with E-state index in [0.29, 0.717) is 27.0 Å². The molecule has 1 aromatic carbocycles. The van der Waals surface area contributed by atoms with Crippen molar-refractivity contribution in [2.75, 3.05) is 4.90 Å². The van der Waals surface area contributed by atoms with E-state index in [4.69, 9.17) is 23.2 Å². The van der Waals surface area contributed by atoms with Gasteiger partial charge >= 0.3 is 6.09 Å². The van der Waals surface area contributed by atoms with Gasteiger partial charge in [0.2, 0.25) is 0 Å². The molecular formula is C23H29Cl2FN4O2Si. The van der Waals surface area contributed by atoms with Gasteiger partial charge in [0.05, 0.1) is 11.6 Å². The first-order chi connectivity index (χ1) is 15.4. The number of amides is 1. The van der Waals surface area contributed by atoms with Crippen molar-refractivity contribution in [1.29, 1.82) is 0 Å². The zero-order valence-electron chi connectivity index (χ0n) is 19.6. The maximum absolute atomic E-state index is 15.4.